The van der Waals surface area contributed by atoms with E-state index in [9.17, 15) is 18.0 Å². The van der Waals surface area contributed by atoms with Crippen LogP contribution in [0.5, 0.6) is 5.75 Å². The van der Waals surface area contributed by atoms with Gasteiger partial charge in [0.2, 0.25) is 0 Å². The molecule has 0 fully saturated rings. The number of carbonyl (C=O) groups is 1. The number of Topliss-reactive ketones (excluding diaryl/α,β-unsaturated/α-hetero) is 1. The summed E-state index contributed by atoms with van der Waals surface area (Å²) in [5, 5.41) is 0. The van der Waals surface area contributed by atoms with E-state index in [1.807, 2.05) is 0 Å². The molecule has 0 saturated carbocycles. The van der Waals surface area contributed by atoms with Crippen molar-refractivity contribution in [3.05, 3.63) is 29.8 Å². The third-order valence-electron chi connectivity index (χ3n) is 2.21. The Bertz CT molecular complexity index is 397. The molecule has 0 amide bonds. The lowest BCUT2D eigenvalue weighted by Gasteiger charge is -2.13. The van der Waals surface area contributed by atoms with E-state index in [4.69, 9.17) is 0 Å². The van der Waals surface area contributed by atoms with Crippen LogP contribution in [0.1, 0.15) is 19.4 Å². The molecule has 17 heavy (non-hydrogen) atoms. The first kappa shape index (κ1) is 13.5. The lowest BCUT2D eigenvalue weighted by molar-refractivity contribution is -0.274. The number of carbonyl (C=O) groups excluding carboxylic acids is 1. The molecule has 1 aromatic carbocycles. The maximum Gasteiger partial charge on any atom is 0.573 e. The maximum atomic E-state index is 12.1. The summed E-state index contributed by atoms with van der Waals surface area (Å²) in [7, 11) is 0. The largest absolute Gasteiger partial charge is 0.573 e. The monoisotopic (exact) mass is 246 g/mol. The summed E-state index contributed by atoms with van der Waals surface area (Å²) in [5.74, 6) is -0.647. The van der Waals surface area contributed by atoms with Crippen molar-refractivity contribution in [2.45, 2.75) is 26.6 Å². The van der Waals surface area contributed by atoms with E-state index < -0.39 is 6.36 Å². The Morgan fingerprint density at radius 3 is 2.41 bits per heavy atom. The average molecular weight is 246 g/mol. The van der Waals surface area contributed by atoms with Gasteiger partial charge in [0.15, 0.2) is 0 Å². The fourth-order valence-corrected chi connectivity index (χ4v) is 1.27. The van der Waals surface area contributed by atoms with Gasteiger partial charge in [-0.3, -0.25) is 4.79 Å². The van der Waals surface area contributed by atoms with Crippen LogP contribution in [-0.2, 0) is 11.2 Å². The fraction of sp³-hybridized carbons (Fsp3) is 0.417. The molecule has 2 nitrogen and oxygen atoms in total. The van der Waals surface area contributed by atoms with Crippen LogP contribution in [0.25, 0.3) is 0 Å². The molecule has 0 N–H and O–H groups in total. The standard InChI is InChI=1S/C12H13F3O2/c1-8(2)10(16)7-9-5-3-4-6-11(9)17-12(13,14)15/h3-6,8H,7H2,1-2H3. The third-order valence-corrected chi connectivity index (χ3v) is 2.21. The molecule has 5 heteroatoms. The molecule has 1 aromatic rings. The molecule has 94 valence electrons. The minimum absolute atomic E-state index is 0.0517. The molecular formula is C12H13F3O2. The van der Waals surface area contributed by atoms with Crippen molar-refractivity contribution in [1.29, 1.82) is 0 Å². The van der Waals surface area contributed by atoms with Crippen LogP contribution >= 0.6 is 0 Å². The quantitative estimate of drug-likeness (QED) is 0.814. The van der Waals surface area contributed by atoms with E-state index in [1.165, 1.54) is 18.2 Å². The number of hydrogen-bond donors (Lipinski definition) is 0. The van der Waals surface area contributed by atoms with Crippen LogP contribution in [0.4, 0.5) is 13.2 Å². The van der Waals surface area contributed by atoms with Gasteiger partial charge in [-0.15, -0.1) is 13.2 Å². The summed E-state index contributed by atoms with van der Waals surface area (Å²) in [5.41, 5.74) is 0.253. The fourth-order valence-electron chi connectivity index (χ4n) is 1.27. The van der Waals surface area contributed by atoms with Gasteiger partial charge in [0, 0.05) is 17.9 Å². The highest BCUT2D eigenvalue weighted by molar-refractivity contribution is 5.83. The molecule has 0 heterocycles. The van der Waals surface area contributed by atoms with Crippen molar-refractivity contribution < 1.29 is 22.7 Å². The molecule has 1 rings (SSSR count). The highest BCUT2D eigenvalue weighted by Crippen LogP contribution is 2.26. The van der Waals surface area contributed by atoms with Gasteiger partial charge in [0.05, 0.1) is 0 Å². The van der Waals surface area contributed by atoms with Crippen LogP contribution in [-0.4, -0.2) is 12.1 Å². The van der Waals surface area contributed by atoms with Crippen molar-refractivity contribution in [1.82, 2.24) is 0 Å². The number of ketones is 1. The molecule has 0 unspecified atom stereocenters. The number of hydrogen-bond acceptors (Lipinski definition) is 2. The second-order valence-corrected chi connectivity index (χ2v) is 3.95. The molecular weight excluding hydrogens is 233 g/mol. The molecule has 0 atom stereocenters. The van der Waals surface area contributed by atoms with Gasteiger partial charge in [0.1, 0.15) is 11.5 Å². The Hall–Kier alpha value is -1.52. The van der Waals surface area contributed by atoms with E-state index >= 15 is 0 Å². The second-order valence-electron chi connectivity index (χ2n) is 3.95. The number of halogens is 3. The van der Waals surface area contributed by atoms with E-state index in [0.29, 0.717) is 0 Å². The molecule has 0 aliphatic carbocycles. The van der Waals surface area contributed by atoms with Crippen molar-refractivity contribution in [3.8, 4) is 5.75 Å². The summed E-state index contributed by atoms with van der Waals surface area (Å²) in [6, 6.07) is 5.67. The minimum Gasteiger partial charge on any atom is -0.405 e. The topological polar surface area (TPSA) is 26.3 Å². The average Bonchev–Trinajstić information content (AvgIpc) is 2.18. The maximum absolute atomic E-state index is 12.1. The zero-order chi connectivity index (χ0) is 13.1. The van der Waals surface area contributed by atoms with Crippen LogP contribution < -0.4 is 4.74 Å². The summed E-state index contributed by atoms with van der Waals surface area (Å²) in [4.78, 5) is 11.5. The third kappa shape index (κ3) is 4.46. The van der Waals surface area contributed by atoms with Crippen molar-refractivity contribution in [2.75, 3.05) is 0 Å². The second kappa shape index (κ2) is 5.21. The summed E-state index contributed by atoms with van der Waals surface area (Å²) in [6.45, 7) is 3.41. The van der Waals surface area contributed by atoms with E-state index in [-0.39, 0.29) is 29.4 Å². The number of rotatable bonds is 4. The number of para-hydroxylation sites is 1. The smallest absolute Gasteiger partial charge is 0.405 e. The van der Waals surface area contributed by atoms with E-state index in [0.717, 1.165) is 0 Å². The zero-order valence-corrected chi connectivity index (χ0v) is 9.54. The number of alkyl halides is 3. The highest BCUT2D eigenvalue weighted by atomic mass is 19.4. The van der Waals surface area contributed by atoms with Gasteiger partial charge >= 0.3 is 6.36 Å². The highest BCUT2D eigenvalue weighted by Gasteiger charge is 2.32. The van der Waals surface area contributed by atoms with Crippen LogP contribution in [0.15, 0.2) is 24.3 Å². The zero-order valence-electron chi connectivity index (χ0n) is 9.54. The van der Waals surface area contributed by atoms with Gasteiger partial charge in [-0.1, -0.05) is 32.0 Å². The SMILES string of the molecule is CC(C)C(=O)Cc1ccccc1OC(F)(F)F. The lowest BCUT2D eigenvalue weighted by atomic mass is 10.0. The van der Waals surface area contributed by atoms with Gasteiger partial charge in [-0.25, -0.2) is 0 Å². The first-order chi connectivity index (χ1) is 7.79. The normalized spacial score (nSPS) is 11.6. The summed E-state index contributed by atoms with van der Waals surface area (Å²) in [6.07, 6.45) is -4.79. The van der Waals surface area contributed by atoms with Gasteiger partial charge < -0.3 is 4.74 Å². The Labute approximate surface area is 97.4 Å². The Morgan fingerprint density at radius 1 is 1.29 bits per heavy atom. The molecule has 0 spiro atoms. The first-order valence-electron chi connectivity index (χ1n) is 5.16. The Kier molecular flexibility index (Phi) is 4.15. The lowest BCUT2D eigenvalue weighted by Crippen LogP contribution is -2.19. The Balaban J connectivity index is 2.89. The van der Waals surface area contributed by atoms with Crippen LogP contribution in [0.3, 0.4) is 0 Å². The van der Waals surface area contributed by atoms with Crippen LogP contribution in [0.2, 0.25) is 0 Å². The van der Waals surface area contributed by atoms with Crippen LogP contribution in [0, 0.1) is 5.92 Å². The predicted octanol–water partition coefficient (Wildman–Crippen LogP) is 3.35. The Morgan fingerprint density at radius 2 is 1.88 bits per heavy atom. The van der Waals surface area contributed by atoms with E-state index in [1.54, 1.807) is 19.9 Å². The molecule has 0 aromatic heterocycles. The molecule has 0 aliphatic rings. The molecule has 0 radical (unpaired) electrons. The van der Waals surface area contributed by atoms with Gasteiger partial charge in [-0.2, -0.15) is 0 Å². The van der Waals surface area contributed by atoms with E-state index in [2.05, 4.69) is 4.74 Å². The number of benzene rings is 1. The molecule has 0 aliphatic heterocycles. The molecule has 0 saturated heterocycles. The van der Waals surface area contributed by atoms with Crippen molar-refractivity contribution in [2.24, 2.45) is 5.92 Å². The minimum atomic E-state index is -4.74. The van der Waals surface area contributed by atoms with Gasteiger partial charge in [-0.05, 0) is 6.07 Å². The summed E-state index contributed by atoms with van der Waals surface area (Å²) >= 11 is 0. The predicted molar refractivity (Wildman–Crippen MR) is 56.7 cm³/mol. The first-order valence-corrected chi connectivity index (χ1v) is 5.16. The summed E-state index contributed by atoms with van der Waals surface area (Å²) < 4.78 is 40.2. The molecule has 0 bridgehead atoms. The van der Waals surface area contributed by atoms with Crippen molar-refractivity contribution in [3.63, 3.8) is 0 Å². The van der Waals surface area contributed by atoms with Crippen molar-refractivity contribution >= 4 is 5.78 Å². The number of ether oxygens (including phenoxy) is 1. The van der Waals surface area contributed by atoms with Gasteiger partial charge in [0.25, 0.3) is 0 Å².